The van der Waals surface area contributed by atoms with E-state index in [9.17, 15) is 0 Å². The van der Waals surface area contributed by atoms with Gasteiger partial charge >= 0.3 is 0 Å². The first-order valence-corrected chi connectivity index (χ1v) is 1.71. The van der Waals surface area contributed by atoms with Gasteiger partial charge in [-0.1, -0.05) is 13.3 Å². The van der Waals surface area contributed by atoms with E-state index in [-0.39, 0.29) is 31.1 Å². The van der Waals surface area contributed by atoms with Crippen molar-refractivity contribution in [3.63, 3.8) is 0 Å². The van der Waals surface area contributed by atoms with Crippen molar-refractivity contribution < 1.29 is 31.1 Å². The third-order valence-corrected chi connectivity index (χ3v) is 0.354. The molecule has 0 aliphatic carbocycles. The Labute approximate surface area is 57.7 Å². The first kappa shape index (κ1) is 9.41. The van der Waals surface area contributed by atoms with Gasteiger partial charge < -0.3 is 6.92 Å². The maximum absolute atomic E-state index is 3.60. The summed E-state index contributed by atoms with van der Waals surface area (Å²) in [6.45, 7) is 5.72. The summed E-state index contributed by atoms with van der Waals surface area (Å²) in [6.07, 6.45) is 2.28. The molecule has 0 bridgehead atoms. The second-order valence-electron chi connectivity index (χ2n) is 0.854. The van der Waals surface area contributed by atoms with Crippen LogP contribution in [-0.4, -0.2) is 0 Å². The smallest absolute Gasteiger partial charge is 0 e. The van der Waals surface area contributed by atoms with Crippen LogP contribution in [0, 0.1) is 38.0 Å². The molecule has 0 aromatic rings. The molecule has 0 atom stereocenters. The third-order valence-electron chi connectivity index (χ3n) is 0.354. The van der Waals surface area contributed by atoms with Crippen LogP contribution in [0.2, 0.25) is 0 Å². The molecule has 0 aromatic carbocycles. The Morgan fingerprint density at radius 3 is 1.80 bits per heavy atom. The van der Waals surface area contributed by atoms with Gasteiger partial charge in [-0.2, -0.15) is 6.42 Å². The summed E-state index contributed by atoms with van der Waals surface area (Å²) in [5.41, 5.74) is 0. The zero-order valence-electron chi connectivity index (χ0n) is 3.62. The number of rotatable bonds is 1. The molecule has 0 aliphatic heterocycles. The van der Waals surface area contributed by atoms with E-state index in [1.165, 1.54) is 6.42 Å². The van der Waals surface area contributed by atoms with E-state index in [0.717, 1.165) is 6.42 Å². The van der Waals surface area contributed by atoms with Gasteiger partial charge in [0.05, 0.1) is 0 Å². The van der Waals surface area contributed by atoms with Crippen LogP contribution in [0.3, 0.4) is 0 Å². The molecule has 0 N–H and O–H groups in total. The molecule has 0 saturated carbocycles. The van der Waals surface area contributed by atoms with Gasteiger partial charge in [-0.25, -0.2) is 0 Å². The molecule has 0 saturated heterocycles. The monoisotopic (exact) mass is 295 g/mol. The first-order chi connectivity index (χ1) is 1.91. The summed E-state index contributed by atoms with van der Waals surface area (Å²) in [7, 11) is 0. The van der Waals surface area contributed by atoms with Crippen molar-refractivity contribution in [3.05, 3.63) is 6.92 Å². The van der Waals surface area contributed by atoms with Crippen LogP contribution >= 0.6 is 0 Å². The summed E-state index contributed by atoms with van der Waals surface area (Å²) in [4.78, 5) is 0. The Balaban J connectivity index is 0. The summed E-state index contributed by atoms with van der Waals surface area (Å²) in [5.74, 6) is 0. The zero-order chi connectivity index (χ0) is 3.41. The van der Waals surface area contributed by atoms with Gasteiger partial charge in [0.2, 0.25) is 0 Å². The Morgan fingerprint density at radius 1 is 1.60 bits per heavy atom. The molecule has 0 amide bonds. The summed E-state index contributed by atoms with van der Waals surface area (Å²) in [5, 5.41) is 0. The van der Waals surface area contributed by atoms with Crippen molar-refractivity contribution in [2.45, 2.75) is 19.8 Å². The van der Waals surface area contributed by atoms with Gasteiger partial charge in [-0.3, -0.25) is 0 Å². The van der Waals surface area contributed by atoms with Gasteiger partial charge in [-0.05, 0) is 0 Å². The molecule has 0 radical (unpaired) electrons. The van der Waals surface area contributed by atoms with E-state index in [2.05, 4.69) is 13.8 Å². The van der Waals surface area contributed by atoms with Crippen molar-refractivity contribution in [3.8, 4) is 0 Å². The molecular formula is C4H9U-. The van der Waals surface area contributed by atoms with Crippen LogP contribution in [0.15, 0.2) is 0 Å². The molecule has 0 fully saturated rings. The standard InChI is InChI=1S/C4H9.U/c1-3-4-2;/h1,3-4H2,2H3;/q-1;. The predicted octanol–water partition coefficient (Wildman–Crippen LogP) is 1.62. The molecule has 1 heteroatoms. The minimum absolute atomic E-state index is 0. The Kier molecular flexibility index (Phi) is 16.8. The van der Waals surface area contributed by atoms with Crippen molar-refractivity contribution >= 4 is 0 Å². The number of hydrogen-bond donors (Lipinski definition) is 0. The Morgan fingerprint density at radius 2 is 1.80 bits per heavy atom. The number of hydrogen-bond acceptors (Lipinski definition) is 0. The van der Waals surface area contributed by atoms with Crippen LogP contribution in [0.1, 0.15) is 19.8 Å². The molecule has 0 nitrogen and oxygen atoms in total. The van der Waals surface area contributed by atoms with Crippen LogP contribution in [0.25, 0.3) is 0 Å². The van der Waals surface area contributed by atoms with Gasteiger partial charge in [0.1, 0.15) is 0 Å². The maximum Gasteiger partial charge on any atom is 0 e. The van der Waals surface area contributed by atoms with Crippen molar-refractivity contribution in [1.29, 1.82) is 0 Å². The molecule has 30 valence electrons. The van der Waals surface area contributed by atoms with Gasteiger partial charge in [0.15, 0.2) is 0 Å². The first-order valence-electron chi connectivity index (χ1n) is 1.71. The van der Waals surface area contributed by atoms with E-state index in [4.69, 9.17) is 0 Å². The topological polar surface area (TPSA) is 0 Å². The fraction of sp³-hybridized carbons (Fsp3) is 0.750. The fourth-order valence-electron chi connectivity index (χ4n) is 0. The normalized spacial score (nSPS) is 6.00. The minimum atomic E-state index is 0. The van der Waals surface area contributed by atoms with E-state index in [0.29, 0.717) is 0 Å². The maximum atomic E-state index is 3.60. The van der Waals surface area contributed by atoms with E-state index in [1.54, 1.807) is 0 Å². The SMILES string of the molecule is [CH2-]CCC.[U]. The third kappa shape index (κ3) is 11.2. The number of unbranched alkanes of at least 4 members (excludes halogenated alkanes) is 1. The molecule has 0 heterocycles. The summed E-state index contributed by atoms with van der Waals surface area (Å²) < 4.78 is 0. The van der Waals surface area contributed by atoms with Crippen molar-refractivity contribution in [2.75, 3.05) is 0 Å². The van der Waals surface area contributed by atoms with E-state index < -0.39 is 0 Å². The quantitative estimate of drug-likeness (QED) is 0.645. The second-order valence-corrected chi connectivity index (χ2v) is 0.854. The molecule has 0 spiro atoms. The van der Waals surface area contributed by atoms with Crippen LogP contribution in [0.4, 0.5) is 0 Å². The largest absolute Gasteiger partial charge is 0.343 e. The zero-order valence-corrected chi connectivity index (χ0v) is 7.79. The molecule has 0 unspecified atom stereocenters. The molecule has 0 aliphatic rings. The van der Waals surface area contributed by atoms with Gasteiger partial charge in [0, 0.05) is 31.1 Å². The molecule has 0 rings (SSSR count). The van der Waals surface area contributed by atoms with Crippen LogP contribution in [-0.2, 0) is 0 Å². The van der Waals surface area contributed by atoms with Crippen LogP contribution in [0.5, 0.6) is 0 Å². The summed E-state index contributed by atoms with van der Waals surface area (Å²) in [6, 6.07) is 0. The second kappa shape index (κ2) is 8.90. The minimum Gasteiger partial charge on any atom is -0.343 e. The summed E-state index contributed by atoms with van der Waals surface area (Å²) >= 11 is 0. The van der Waals surface area contributed by atoms with Gasteiger partial charge in [0.25, 0.3) is 0 Å². The average Bonchev–Trinajstić information content (AvgIpc) is 1.37. The average molecular weight is 295 g/mol. The molecular weight excluding hydrogens is 286 g/mol. The van der Waals surface area contributed by atoms with Crippen molar-refractivity contribution in [2.24, 2.45) is 0 Å². The Bertz CT molecular complexity index is 5.61. The van der Waals surface area contributed by atoms with E-state index >= 15 is 0 Å². The Hall–Kier alpha value is 1.05. The fourth-order valence-corrected chi connectivity index (χ4v) is 0. The molecule has 0 aromatic heterocycles. The van der Waals surface area contributed by atoms with Crippen LogP contribution < -0.4 is 0 Å². The predicted molar refractivity (Wildman–Crippen MR) is 20.3 cm³/mol. The van der Waals surface area contributed by atoms with Gasteiger partial charge in [-0.15, -0.1) is 0 Å². The van der Waals surface area contributed by atoms with Crippen molar-refractivity contribution in [1.82, 2.24) is 0 Å². The molecule has 5 heavy (non-hydrogen) atoms. The van der Waals surface area contributed by atoms with E-state index in [1.807, 2.05) is 0 Å².